The number of carbonyl (C=O) groups is 2. The first kappa shape index (κ1) is 19.2. The van der Waals surface area contributed by atoms with Crippen LogP contribution >= 0.6 is 0 Å². The molecule has 1 aromatic heterocycles. The Bertz CT molecular complexity index is 1130. The fourth-order valence-electron chi connectivity index (χ4n) is 3.25. The van der Waals surface area contributed by atoms with Gasteiger partial charge in [0.1, 0.15) is 0 Å². The molecule has 8 nitrogen and oxygen atoms in total. The monoisotopic (exact) mass is 414 g/mol. The average Bonchev–Trinajstić information content (AvgIpc) is 3.73. The topological polar surface area (TPSA) is 102 Å². The summed E-state index contributed by atoms with van der Waals surface area (Å²) in [6, 6.07) is 15.4. The number of nitrogens with zero attached hydrogens (tertiary/aromatic N) is 4. The smallest absolute Gasteiger partial charge is 0.251 e. The highest BCUT2D eigenvalue weighted by Crippen LogP contribution is 2.36. The van der Waals surface area contributed by atoms with Crippen molar-refractivity contribution in [2.45, 2.75) is 37.8 Å². The molecule has 2 aliphatic rings. The third kappa shape index (κ3) is 4.69. The van der Waals surface area contributed by atoms with Crippen molar-refractivity contribution in [3.05, 3.63) is 65.7 Å². The normalized spacial score (nSPS) is 15.7. The molecule has 2 saturated carbocycles. The van der Waals surface area contributed by atoms with Gasteiger partial charge in [-0.1, -0.05) is 12.1 Å². The average molecular weight is 414 g/mol. The first-order valence-electron chi connectivity index (χ1n) is 10.4. The number of nitrogens with one attached hydrogen (secondary N) is 2. The van der Waals surface area contributed by atoms with Crippen LogP contribution in [0.5, 0.6) is 0 Å². The maximum absolute atomic E-state index is 12.3. The van der Waals surface area contributed by atoms with Crippen LogP contribution in [-0.2, 0) is 4.79 Å². The largest absolute Gasteiger partial charge is 0.349 e. The zero-order chi connectivity index (χ0) is 21.2. The highest BCUT2D eigenvalue weighted by atomic mass is 16.2. The van der Waals surface area contributed by atoms with Crippen molar-refractivity contribution in [3.63, 3.8) is 0 Å². The standard InChI is InChI=1S/C23H22N6O2/c30-21(14-3-15-1-4-17(5-2-15)23(31)25-19-10-11-19)24-18-8-6-16(7-9-18)22-26-27-28-29(22)20-12-13-20/h1-9,14,19-20H,10-13H2,(H,24,30)(H,25,31)/b14-3+. The fourth-order valence-corrected chi connectivity index (χ4v) is 3.25. The third-order valence-corrected chi connectivity index (χ3v) is 5.31. The van der Waals surface area contributed by atoms with Crippen molar-refractivity contribution in [3.8, 4) is 11.4 Å². The van der Waals surface area contributed by atoms with Gasteiger partial charge in [0.05, 0.1) is 6.04 Å². The van der Waals surface area contributed by atoms with E-state index in [-0.39, 0.29) is 11.8 Å². The summed E-state index contributed by atoms with van der Waals surface area (Å²) >= 11 is 0. The Labute approximate surface area is 179 Å². The molecular weight excluding hydrogens is 392 g/mol. The van der Waals surface area contributed by atoms with E-state index in [9.17, 15) is 9.59 Å². The summed E-state index contributed by atoms with van der Waals surface area (Å²) in [6.07, 6.45) is 7.52. The van der Waals surface area contributed by atoms with Gasteiger partial charge in [0.2, 0.25) is 5.91 Å². The van der Waals surface area contributed by atoms with Gasteiger partial charge in [-0.25, -0.2) is 4.68 Å². The number of hydrogen-bond acceptors (Lipinski definition) is 5. The maximum Gasteiger partial charge on any atom is 0.251 e. The lowest BCUT2D eigenvalue weighted by Crippen LogP contribution is -2.25. The molecule has 0 bridgehead atoms. The van der Waals surface area contributed by atoms with E-state index in [0.717, 1.165) is 42.6 Å². The van der Waals surface area contributed by atoms with E-state index >= 15 is 0 Å². The van der Waals surface area contributed by atoms with Gasteiger partial charge in [-0.15, -0.1) is 5.10 Å². The van der Waals surface area contributed by atoms with Crippen LogP contribution in [0.1, 0.15) is 47.6 Å². The van der Waals surface area contributed by atoms with Gasteiger partial charge >= 0.3 is 0 Å². The lowest BCUT2D eigenvalue weighted by molar-refractivity contribution is -0.111. The Hall–Kier alpha value is -3.81. The molecule has 2 fully saturated rings. The first-order valence-corrected chi connectivity index (χ1v) is 10.4. The van der Waals surface area contributed by atoms with E-state index < -0.39 is 0 Å². The molecule has 0 spiro atoms. The summed E-state index contributed by atoms with van der Waals surface area (Å²) in [4.78, 5) is 24.3. The van der Waals surface area contributed by atoms with Gasteiger partial charge in [0.25, 0.3) is 5.91 Å². The van der Waals surface area contributed by atoms with Crippen molar-refractivity contribution in [2.75, 3.05) is 5.32 Å². The molecular formula is C23H22N6O2. The van der Waals surface area contributed by atoms with Gasteiger partial charge in [-0.2, -0.15) is 0 Å². The quantitative estimate of drug-likeness (QED) is 0.578. The number of amides is 2. The zero-order valence-electron chi connectivity index (χ0n) is 16.9. The third-order valence-electron chi connectivity index (χ3n) is 5.31. The van der Waals surface area contributed by atoms with Crippen LogP contribution in [0, 0.1) is 0 Å². The molecule has 156 valence electrons. The van der Waals surface area contributed by atoms with E-state index in [4.69, 9.17) is 0 Å². The van der Waals surface area contributed by atoms with Crippen LogP contribution in [0.4, 0.5) is 5.69 Å². The van der Waals surface area contributed by atoms with Crippen molar-refractivity contribution in [1.82, 2.24) is 25.5 Å². The number of anilines is 1. The zero-order valence-corrected chi connectivity index (χ0v) is 16.9. The molecule has 3 aromatic rings. The van der Waals surface area contributed by atoms with Crippen molar-refractivity contribution >= 4 is 23.6 Å². The molecule has 0 radical (unpaired) electrons. The number of rotatable bonds is 7. The lowest BCUT2D eigenvalue weighted by Gasteiger charge is -2.05. The highest BCUT2D eigenvalue weighted by molar-refractivity contribution is 6.02. The number of carbonyl (C=O) groups excluding carboxylic acids is 2. The maximum atomic E-state index is 12.3. The predicted octanol–water partition coefficient (Wildman–Crippen LogP) is 3.22. The Morgan fingerprint density at radius 3 is 2.39 bits per heavy atom. The summed E-state index contributed by atoms with van der Waals surface area (Å²) in [5.41, 5.74) is 3.08. The van der Waals surface area contributed by atoms with E-state index in [2.05, 4.69) is 26.2 Å². The molecule has 0 saturated heterocycles. The van der Waals surface area contributed by atoms with Gasteiger partial charge in [-0.05, 0) is 84.1 Å². The van der Waals surface area contributed by atoms with Crippen LogP contribution in [0.25, 0.3) is 17.5 Å². The minimum absolute atomic E-state index is 0.0506. The number of tetrazole rings is 1. The second kappa shape index (κ2) is 8.14. The van der Waals surface area contributed by atoms with Crippen LogP contribution in [0.15, 0.2) is 54.6 Å². The summed E-state index contributed by atoms with van der Waals surface area (Å²) in [5.74, 6) is 0.464. The Morgan fingerprint density at radius 2 is 1.71 bits per heavy atom. The second-order valence-electron chi connectivity index (χ2n) is 7.95. The summed E-state index contributed by atoms with van der Waals surface area (Å²) in [7, 11) is 0. The minimum atomic E-state index is -0.230. The lowest BCUT2D eigenvalue weighted by atomic mass is 10.1. The molecule has 31 heavy (non-hydrogen) atoms. The fraction of sp³-hybridized carbons (Fsp3) is 0.261. The van der Waals surface area contributed by atoms with E-state index in [1.54, 1.807) is 18.2 Å². The first-order chi connectivity index (χ1) is 15.2. The van der Waals surface area contributed by atoms with Gasteiger partial charge in [0.15, 0.2) is 5.82 Å². The Balaban J connectivity index is 1.17. The van der Waals surface area contributed by atoms with Crippen LogP contribution in [0.3, 0.4) is 0 Å². The molecule has 0 unspecified atom stereocenters. The van der Waals surface area contributed by atoms with Gasteiger partial charge < -0.3 is 10.6 Å². The van der Waals surface area contributed by atoms with Crippen LogP contribution in [0.2, 0.25) is 0 Å². The van der Waals surface area contributed by atoms with Crippen LogP contribution < -0.4 is 10.6 Å². The molecule has 2 N–H and O–H groups in total. The molecule has 2 aliphatic carbocycles. The molecule has 0 atom stereocenters. The van der Waals surface area contributed by atoms with Gasteiger partial charge in [0, 0.05) is 28.9 Å². The number of aromatic nitrogens is 4. The highest BCUT2D eigenvalue weighted by Gasteiger charge is 2.28. The molecule has 0 aliphatic heterocycles. The van der Waals surface area contributed by atoms with Crippen LogP contribution in [-0.4, -0.2) is 38.1 Å². The second-order valence-corrected chi connectivity index (χ2v) is 7.95. The Kier molecular flexibility index (Phi) is 5.03. The summed E-state index contributed by atoms with van der Waals surface area (Å²) < 4.78 is 1.86. The van der Waals surface area contributed by atoms with Crippen molar-refractivity contribution < 1.29 is 9.59 Å². The molecule has 2 aromatic carbocycles. The molecule has 5 rings (SSSR count). The van der Waals surface area contributed by atoms with Crippen molar-refractivity contribution in [2.24, 2.45) is 0 Å². The van der Waals surface area contributed by atoms with E-state index in [1.165, 1.54) is 6.08 Å². The molecule has 8 heteroatoms. The van der Waals surface area contributed by atoms with E-state index in [0.29, 0.717) is 23.3 Å². The summed E-state index contributed by atoms with van der Waals surface area (Å²) in [5, 5.41) is 17.8. The van der Waals surface area contributed by atoms with E-state index in [1.807, 2.05) is 41.1 Å². The van der Waals surface area contributed by atoms with Crippen molar-refractivity contribution in [1.29, 1.82) is 0 Å². The molecule has 1 heterocycles. The minimum Gasteiger partial charge on any atom is -0.349 e. The SMILES string of the molecule is O=C(/C=C/c1ccc(C(=O)NC2CC2)cc1)Nc1ccc(-c2nnnn2C2CC2)cc1. The number of hydrogen-bond donors (Lipinski definition) is 2. The Morgan fingerprint density at radius 1 is 0.968 bits per heavy atom. The van der Waals surface area contributed by atoms with Gasteiger partial charge in [-0.3, -0.25) is 9.59 Å². The number of benzene rings is 2. The molecule has 2 amide bonds. The summed E-state index contributed by atoms with van der Waals surface area (Å²) in [6.45, 7) is 0. The predicted molar refractivity (Wildman–Crippen MR) is 116 cm³/mol.